The minimum atomic E-state index is -0.447. The van der Waals surface area contributed by atoms with Crippen LogP contribution in [0.3, 0.4) is 0 Å². The van der Waals surface area contributed by atoms with Crippen LogP contribution < -0.4 is 0 Å². The van der Waals surface area contributed by atoms with Crippen LogP contribution in [-0.2, 0) is 12.8 Å². The Bertz CT molecular complexity index is 1050. The molecule has 0 aliphatic heterocycles. The second-order valence-electron chi connectivity index (χ2n) is 5.61. The number of aromatic nitrogens is 5. The van der Waals surface area contributed by atoms with Crippen LogP contribution in [0.4, 0.5) is 5.69 Å². The van der Waals surface area contributed by atoms with Crippen molar-refractivity contribution in [2.75, 3.05) is 0 Å². The van der Waals surface area contributed by atoms with Crippen molar-refractivity contribution < 1.29 is 4.92 Å². The molecule has 3 aromatic rings. The van der Waals surface area contributed by atoms with Gasteiger partial charge in [0.05, 0.1) is 16.7 Å². The third-order valence-electron chi connectivity index (χ3n) is 4.11. The number of aromatic amines is 2. The van der Waals surface area contributed by atoms with E-state index in [1.165, 1.54) is 17.0 Å². The molecule has 0 atom stereocenters. The van der Waals surface area contributed by atoms with E-state index in [-0.39, 0.29) is 5.69 Å². The third kappa shape index (κ3) is 2.66. The molecule has 0 radical (unpaired) electrons. The minimum Gasteiger partial charge on any atom is -0.282 e. The molecule has 0 fully saturated rings. The van der Waals surface area contributed by atoms with Gasteiger partial charge in [-0.3, -0.25) is 15.2 Å². The molecule has 0 saturated carbocycles. The summed E-state index contributed by atoms with van der Waals surface area (Å²) in [6, 6.07) is 6.37. The molecule has 9 nitrogen and oxygen atoms in total. The lowest BCUT2D eigenvalue weighted by Crippen LogP contribution is -1.99. The highest BCUT2D eigenvalue weighted by atomic mass is 32.1. The number of fused-ring (bicyclic) bond motifs is 1. The molecule has 2 aromatic heterocycles. The van der Waals surface area contributed by atoms with Crippen molar-refractivity contribution in [3.8, 4) is 11.5 Å². The van der Waals surface area contributed by atoms with E-state index in [1.807, 2.05) is 0 Å². The first kappa shape index (κ1) is 15.4. The molecule has 0 saturated heterocycles. The number of aryl methyl sites for hydroxylation is 1. The number of hydrogen-bond donors (Lipinski definition) is 2. The summed E-state index contributed by atoms with van der Waals surface area (Å²) in [5.74, 6) is 0.485. The van der Waals surface area contributed by atoms with Crippen molar-refractivity contribution in [1.29, 1.82) is 0 Å². The van der Waals surface area contributed by atoms with Crippen LogP contribution in [0.2, 0.25) is 0 Å². The van der Waals surface area contributed by atoms with Crippen molar-refractivity contribution in [3.05, 3.63) is 56.0 Å². The van der Waals surface area contributed by atoms with E-state index in [4.69, 9.17) is 12.2 Å². The summed E-state index contributed by atoms with van der Waals surface area (Å²) in [6.07, 6.45) is 4.36. The van der Waals surface area contributed by atoms with Crippen molar-refractivity contribution in [2.45, 2.75) is 19.3 Å². The molecule has 10 heteroatoms. The third-order valence-corrected chi connectivity index (χ3v) is 4.38. The number of nitro benzene ring substituents is 1. The van der Waals surface area contributed by atoms with E-state index in [1.54, 1.807) is 18.2 Å². The van der Waals surface area contributed by atoms with E-state index in [0.717, 1.165) is 30.5 Å². The summed E-state index contributed by atoms with van der Waals surface area (Å²) in [7, 11) is 0. The number of nitrogens with one attached hydrogen (secondary N) is 2. The molecule has 2 N–H and O–H groups in total. The standard InChI is InChI=1S/C15H13N7O2S/c23-22(24)12-7-2-1-4-9(12)8-16-21-14(19-20-15(21)25)13-10-5-3-6-11(10)17-18-13/h1-2,4,7-8H,3,5-6H2,(H,17,18)(H,20,25)/b16-8-. The number of hydrogen-bond acceptors (Lipinski definition) is 6. The van der Waals surface area contributed by atoms with E-state index in [0.29, 0.717) is 21.9 Å². The Hall–Kier alpha value is -3.14. The summed E-state index contributed by atoms with van der Waals surface area (Å²) < 4.78 is 1.72. The summed E-state index contributed by atoms with van der Waals surface area (Å²) in [4.78, 5) is 10.7. The van der Waals surface area contributed by atoms with Crippen LogP contribution in [-0.4, -0.2) is 36.2 Å². The number of para-hydroxylation sites is 1. The zero-order valence-electron chi connectivity index (χ0n) is 13.0. The lowest BCUT2D eigenvalue weighted by Gasteiger charge is -2.00. The lowest BCUT2D eigenvalue weighted by molar-refractivity contribution is -0.385. The zero-order chi connectivity index (χ0) is 17.4. The molecule has 1 aliphatic rings. The van der Waals surface area contributed by atoms with Crippen molar-refractivity contribution in [2.24, 2.45) is 5.10 Å². The molecule has 0 amide bonds. The second-order valence-corrected chi connectivity index (χ2v) is 5.99. The normalized spacial score (nSPS) is 13.4. The Morgan fingerprint density at radius 1 is 1.28 bits per heavy atom. The Kier molecular flexibility index (Phi) is 3.73. The van der Waals surface area contributed by atoms with E-state index >= 15 is 0 Å². The SMILES string of the molecule is O=[N+]([O-])c1ccccc1/C=N\n1c(-c2n[nH]c3c2CCC3)n[nH]c1=S. The second kappa shape index (κ2) is 6.06. The number of nitrogens with zero attached hydrogens (tertiary/aromatic N) is 5. The first-order valence-corrected chi connectivity index (χ1v) is 8.07. The van der Waals surface area contributed by atoms with E-state index in [2.05, 4.69) is 25.5 Å². The van der Waals surface area contributed by atoms with E-state index in [9.17, 15) is 10.1 Å². The molecule has 0 spiro atoms. The van der Waals surface area contributed by atoms with Gasteiger partial charge in [-0.05, 0) is 37.5 Å². The molecule has 1 aliphatic carbocycles. The predicted octanol–water partition coefficient (Wildman–Crippen LogP) is 2.61. The first-order chi connectivity index (χ1) is 12.1. The Morgan fingerprint density at radius 3 is 2.96 bits per heavy atom. The van der Waals surface area contributed by atoms with Crippen LogP contribution in [0, 0.1) is 14.9 Å². The van der Waals surface area contributed by atoms with Gasteiger partial charge in [0.2, 0.25) is 10.6 Å². The fourth-order valence-electron chi connectivity index (χ4n) is 2.94. The number of nitro groups is 1. The lowest BCUT2D eigenvalue weighted by atomic mass is 10.2. The van der Waals surface area contributed by atoms with Gasteiger partial charge in [0.15, 0.2) is 0 Å². The van der Waals surface area contributed by atoms with Gasteiger partial charge in [-0.1, -0.05) is 12.1 Å². The highest BCUT2D eigenvalue weighted by molar-refractivity contribution is 7.71. The maximum atomic E-state index is 11.1. The molecule has 126 valence electrons. The maximum absolute atomic E-state index is 11.1. The van der Waals surface area contributed by atoms with Gasteiger partial charge < -0.3 is 0 Å². The summed E-state index contributed by atoms with van der Waals surface area (Å²) >= 11 is 5.23. The molecule has 1 aromatic carbocycles. The monoisotopic (exact) mass is 355 g/mol. The van der Waals surface area contributed by atoms with Gasteiger partial charge in [-0.25, -0.2) is 5.10 Å². The van der Waals surface area contributed by atoms with Crippen LogP contribution in [0.25, 0.3) is 11.5 Å². The van der Waals surface area contributed by atoms with Crippen LogP contribution >= 0.6 is 12.2 Å². The van der Waals surface area contributed by atoms with Crippen molar-refractivity contribution in [1.82, 2.24) is 25.1 Å². The van der Waals surface area contributed by atoms with Crippen LogP contribution in [0.15, 0.2) is 29.4 Å². The van der Waals surface area contributed by atoms with Crippen molar-refractivity contribution in [3.63, 3.8) is 0 Å². The zero-order valence-corrected chi connectivity index (χ0v) is 13.8. The van der Waals surface area contributed by atoms with Gasteiger partial charge in [-0.15, -0.1) is 0 Å². The van der Waals surface area contributed by atoms with E-state index < -0.39 is 4.92 Å². The summed E-state index contributed by atoms with van der Waals surface area (Å²) in [6.45, 7) is 0. The first-order valence-electron chi connectivity index (χ1n) is 7.67. The summed E-state index contributed by atoms with van der Waals surface area (Å²) in [5.41, 5.74) is 3.30. The predicted molar refractivity (Wildman–Crippen MR) is 93.1 cm³/mol. The number of H-pyrrole nitrogens is 2. The topological polar surface area (TPSA) is 118 Å². The number of benzene rings is 1. The van der Waals surface area contributed by atoms with Gasteiger partial charge in [0.1, 0.15) is 5.69 Å². The Morgan fingerprint density at radius 2 is 2.12 bits per heavy atom. The highest BCUT2D eigenvalue weighted by Gasteiger charge is 2.23. The largest absolute Gasteiger partial charge is 0.282 e. The average molecular weight is 355 g/mol. The van der Waals surface area contributed by atoms with Crippen LogP contribution in [0.5, 0.6) is 0 Å². The minimum absolute atomic E-state index is 0.0246. The highest BCUT2D eigenvalue weighted by Crippen LogP contribution is 2.29. The smallest absolute Gasteiger partial charge is 0.278 e. The van der Waals surface area contributed by atoms with Gasteiger partial charge in [-0.2, -0.15) is 20.0 Å². The van der Waals surface area contributed by atoms with Crippen molar-refractivity contribution >= 4 is 24.1 Å². The van der Waals surface area contributed by atoms with Crippen LogP contribution in [0.1, 0.15) is 23.2 Å². The van der Waals surface area contributed by atoms with Gasteiger partial charge >= 0.3 is 0 Å². The molecule has 4 rings (SSSR count). The quantitative estimate of drug-likeness (QED) is 0.323. The number of rotatable bonds is 4. The van der Waals surface area contributed by atoms with Gasteiger partial charge in [0, 0.05) is 17.3 Å². The fourth-order valence-corrected chi connectivity index (χ4v) is 3.12. The molecule has 2 heterocycles. The Labute approximate surface area is 146 Å². The molecule has 25 heavy (non-hydrogen) atoms. The van der Waals surface area contributed by atoms with Gasteiger partial charge in [0.25, 0.3) is 5.69 Å². The molecule has 0 bridgehead atoms. The Balaban J connectivity index is 1.77. The molecular weight excluding hydrogens is 342 g/mol. The fraction of sp³-hybridized carbons (Fsp3) is 0.200. The molecule has 0 unspecified atom stereocenters. The summed E-state index contributed by atoms with van der Waals surface area (Å²) in [5, 5.41) is 29.7. The maximum Gasteiger partial charge on any atom is 0.278 e. The molecular formula is C15H13N7O2S. The average Bonchev–Trinajstić information content (AvgIpc) is 3.29.